The molecule has 0 atom stereocenters. The molecule has 1 aromatic carbocycles. The van der Waals surface area contributed by atoms with E-state index in [9.17, 15) is 4.79 Å². The van der Waals surface area contributed by atoms with Crippen molar-refractivity contribution in [3.05, 3.63) is 28.8 Å². The molecule has 1 heterocycles. The number of hydrogen-bond donors (Lipinski definition) is 0. The summed E-state index contributed by atoms with van der Waals surface area (Å²) in [4.78, 5) is 13.5. The summed E-state index contributed by atoms with van der Waals surface area (Å²) in [5.41, 5.74) is 4.97. The third-order valence-electron chi connectivity index (χ3n) is 3.36. The summed E-state index contributed by atoms with van der Waals surface area (Å²) in [7, 11) is 0. The van der Waals surface area contributed by atoms with E-state index in [4.69, 9.17) is 11.6 Å². The maximum Gasteiger partial charge on any atom is 0.241 e. The van der Waals surface area contributed by atoms with Crippen molar-refractivity contribution in [1.29, 1.82) is 0 Å². The smallest absolute Gasteiger partial charge is 0.241 e. The van der Waals surface area contributed by atoms with Gasteiger partial charge < -0.3 is 4.90 Å². The van der Waals surface area contributed by atoms with Gasteiger partial charge in [-0.1, -0.05) is 6.07 Å². The predicted molar refractivity (Wildman–Crippen MR) is 67.3 cm³/mol. The fraction of sp³-hybridized carbons (Fsp3) is 0.462. The van der Waals surface area contributed by atoms with E-state index in [-0.39, 0.29) is 11.8 Å². The van der Waals surface area contributed by atoms with E-state index in [1.807, 2.05) is 11.0 Å². The number of nitrogens with zero attached hydrogens (tertiary/aromatic N) is 1. The molecule has 2 rings (SSSR count). The third kappa shape index (κ3) is 1.82. The van der Waals surface area contributed by atoms with Crippen LogP contribution in [0.25, 0.3) is 0 Å². The molecule has 16 heavy (non-hydrogen) atoms. The van der Waals surface area contributed by atoms with Crippen molar-refractivity contribution in [2.24, 2.45) is 0 Å². The van der Waals surface area contributed by atoms with Gasteiger partial charge in [-0.05, 0) is 49.4 Å². The second-order valence-electron chi connectivity index (χ2n) is 4.29. The van der Waals surface area contributed by atoms with Gasteiger partial charge in [-0.25, -0.2) is 0 Å². The van der Waals surface area contributed by atoms with Gasteiger partial charge in [0, 0.05) is 12.2 Å². The van der Waals surface area contributed by atoms with Crippen LogP contribution in [0.3, 0.4) is 0 Å². The van der Waals surface area contributed by atoms with Crippen molar-refractivity contribution in [3.8, 4) is 0 Å². The molecule has 2 nitrogen and oxygen atoms in total. The molecule has 0 unspecified atom stereocenters. The Kier molecular flexibility index (Phi) is 3.20. The van der Waals surface area contributed by atoms with Gasteiger partial charge in [0.2, 0.25) is 5.91 Å². The van der Waals surface area contributed by atoms with Crippen LogP contribution in [0.5, 0.6) is 0 Å². The van der Waals surface area contributed by atoms with Gasteiger partial charge in [0.1, 0.15) is 5.88 Å². The lowest BCUT2D eigenvalue weighted by atomic mass is 9.94. The molecule has 0 radical (unpaired) electrons. The number of rotatable bonds is 1. The minimum atomic E-state index is 0.00543. The zero-order valence-electron chi connectivity index (χ0n) is 9.72. The van der Waals surface area contributed by atoms with Crippen LogP contribution < -0.4 is 4.90 Å². The second-order valence-corrected chi connectivity index (χ2v) is 4.55. The second kappa shape index (κ2) is 4.46. The number of fused-ring (bicyclic) bond motifs is 1. The van der Waals surface area contributed by atoms with Gasteiger partial charge in [0.25, 0.3) is 0 Å². The Morgan fingerprint density at radius 3 is 2.88 bits per heavy atom. The SMILES string of the molecule is Cc1ccc2c(c1C)CCCN2C(=O)CCl. The molecule has 86 valence electrons. The first-order valence-electron chi connectivity index (χ1n) is 5.60. The molecule has 1 aromatic rings. The minimum absolute atomic E-state index is 0.00543. The van der Waals surface area contributed by atoms with Crippen LogP contribution in [0.2, 0.25) is 0 Å². The largest absolute Gasteiger partial charge is 0.311 e. The maximum atomic E-state index is 11.7. The normalized spacial score (nSPS) is 14.8. The number of amides is 1. The first-order chi connectivity index (χ1) is 7.65. The number of carbonyl (C=O) groups is 1. The lowest BCUT2D eigenvalue weighted by molar-refractivity contribution is -0.116. The van der Waals surface area contributed by atoms with Crippen molar-refractivity contribution >= 4 is 23.2 Å². The average Bonchev–Trinajstić information content (AvgIpc) is 2.32. The Morgan fingerprint density at radius 2 is 2.19 bits per heavy atom. The standard InChI is InChI=1S/C13H16ClNO/c1-9-5-6-12-11(10(9)2)4-3-7-15(12)13(16)8-14/h5-6H,3-4,7-8H2,1-2H3. The highest BCUT2D eigenvalue weighted by atomic mass is 35.5. The van der Waals surface area contributed by atoms with Gasteiger partial charge in [0.05, 0.1) is 0 Å². The molecule has 0 saturated carbocycles. The summed E-state index contributed by atoms with van der Waals surface area (Å²) >= 11 is 5.63. The summed E-state index contributed by atoms with van der Waals surface area (Å²) in [6.45, 7) is 5.03. The quantitative estimate of drug-likeness (QED) is 0.688. The molecule has 0 saturated heterocycles. The molecule has 1 aliphatic rings. The molecule has 1 amide bonds. The van der Waals surface area contributed by atoms with E-state index in [0.717, 1.165) is 25.1 Å². The maximum absolute atomic E-state index is 11.7. The molecule has 0 spiro atoms. The summed E-state index contributed by atoms with van der Waals surface area (Å²) in [5.74, 6) is 0.0673. The molecule has 0 aromatic heterocycles. The zero-order valence-corrected chi connectivity index (χ0v) is 10.5. The summed E-state index contributed by atoms with van der Waals surface area (Å²) in [6.07, 6.45) is 2.09. The van der Waals surface area contributed by atoms with E-state index >= 15 is 0 Å². The van der Waals surface area contributed by atoms with Crippen LogP contribution in [0.15, 0.2) is 12.1 Å². The van der Waals surface area contributed by atoms with E-state index < -0.39 is 0 Å². The number of aryl methyl sites for hydroxylation is 1. The Labute approximate surface area is 101 Å². The molecular weight excluding hydrogens is 222 g/mol. The number of halogens is 1. The van der Waals surface area contributed by atoms with Gasteiger partial charge in [0.15, 0.2) is 0 Å². The highest BCUT2D eigenvalue weighted by molar-refractivity contribution is 6.29. The summed E-state index contributed by atoms with van der Waals surface area (Å²) in [5, 5.41) is 0. The highest BCUT2D eigenvalue weighted by Gasteiger charge is 2.23. The molecule has 0 N–H and O–H groups in total. The van der Waals surface area contributed by atoms with Crippen molar-refractivity contribution in [1.82, 2.24) is 0 Å². The Balaban J connectivity index is 2.47. The third-order valence-corrected chi connectivity index (χ3v) is 3.59. The van der Waals surface area contributed by atoms with Gasteiger partial charge >= 0.3 is 0 Å². The van der Waals surface area contributed by atoms with E-state index in [0.29, 0.717) is 0 Å². The van der Waals surface area contributed by atoms with Gasteiger partial charge in [-0.3, -0.25) is 4.79 Å². The number of benzene rings is 1. The average molecular weight is 238 g/mol. The van der Waals surface area contributed by atoms with Crippen molar-refractivity contribution in [3.63, 3.8) is 0 Å². The number of alkyl halides is 1. The van der Waals surface area contributed by atoms with Crippen molar-refractivity contribution in [2.75, 3.05) is 17.3 Å². The van der Waals surface area contributed by atoms with Gasteiger partial charge in [-0.15, -0.1) is 11.6 Å². The van der Waals surface area contributed by atoms with Crippen molar-refractivity contribution < 1.29 is 4.79 Å². The first kappa shape index (κ1) is 11.5. The predicted octanol–water partition coefficient (Wildman–Crippen LogP) is 2.82. The first-order valence-corrected chi connectivity index (χ1v) is 6.14. The Bertz CT molecular complexity index is 428. The van der Waals surface area contributed by atoms with E-state index in [1.54, 1.807) is 0 Å². The zero-order chi connectivity index (χ0) is 11.7. The number of carbonyl (C=O) groups excluding carboxylic acids is 1. The Hall–Kier alpha value is -1.02. The lowest BCUT2D eigenvalue weighted by Crippen LogP contribution is -2.36. The van der Waals surface area contributed by atoms with Crippen LogP contribution in [0, 0.1) is 13.8 Å². The summed E-state index contributed by atoms with van der Waals surface area (Å²) < 4.78 is 0. The molecule has 0 bridgehead atoms. The summed E-state index contributed by atoms with van der Waals surface area (Å²) in [6, 6.07) is 4.12. The molecule has 3 heteroatoms. The molecule has 0 fully saturated rings. The number of anilines is 1. The van der Waals surface area contributed by atoms with Crippen LogP contribution in [0.1, 0.15) is 23.1 Å². The van der Waals surface area contributed by atoms with Crippen LogP contribution in [-0.2, 0) is 11.2 Å². The van der Waals surface area contributed by atoms with Crippen LogP contribution in [0.4, 0.5) is 5.69 Å². The van der Waals surface area contributed by atoms with Crippen molar-refractivity contribution in [2.45, 2.75) is 26.7 Å². The fourth-order valence-electron chi connectivity index (χ4n) is 2.29. The molecule has 1 aliphatic heterocycles. The number of hydrogen-bond acceptors (Lipinski definition) is 1. The minimum Gasteiger partial charge on any atom is -0.311 e. The lowest BCUT2D eigenvalue weighted by Gasteiger charge is -2.30. The molecule has 0 aliphatic carbocycles. The Morgan fingerprint density at radius 1 is 1.44 bits per heavy atom. The van der Waals surface area contributed by atoms with E-state index in [2.05, 4.69) is 19.9 Å². The van der Waals surface area contributed by atoms with E-state index in [1.165, 1.54) is 16.7 Å². The molecular formula is C13H16ClNO. The fourth-order valence-corrected chi connectivity index (χ4v) is 2.44. The van der Waals surface area contributed by atoms with Crippen LogP contribution >= 0.6 is 11.6 Å². The topological polar surface area (TPSA) is 20.3 Å². The van der Waals surface area contributed by atoms with Gasteiger partial charge in [-0.2, -0.15) is 0 Å². The highest BCUT2D eigenvalue weighted by Crippen LogP contribution is 2.31. The monoisotopic (exact) mass is 237 g/mol. The van der Waals surface area contributed by atoms with Crippen LogP contribution in [-0.4, -0.2) is 18.3 Å².